The van der Waals surface area contributed by atoms with Crippen LogP contribution in [0.5, 0.6) is 0 Å². The van der Waals surface area contributed by atoms with Gasteiger partial charge in [-0.15, -0.1) is 0 Å². The van der Waals surface area contributed by atoms with Gasteiger partial charge in [-0.25, -0.2) is 0 Å². The molecule has 0 aromatic heterocycles. The molecule has 2 fully saturated rings. The zero-order valence-corrected chi connectivity index (χ0v) is 14.3. The Balaban J connectivity index is 1.67. The molecule has 2 N–H and O–H groups in total. The molecule has 0 radical (unpaired) electrons. The van der Waals surface area contributed by atoms with Gasteiger partial charge < -0.3 is 10.6 Å². The highest BCUT2D eigenvalue weighted by atomic mass is 16.2. The molecule has 0 saturated heterocycles. The predicted molar refractivity (Wildman–Crippen MR) is 91.6 cm³/mol. The van der Waals surface area contributed by atoms with Crippen molar-refractivity contribution < 1.29 is 9.59 Å². The summed E-state index contributed by atoms with van der Waals surface area (Å²) in [6.45, 7) is 1.17. The molecule has 0 spiro atoms. The predicted octanol–water partition coefficient (Wildman–Crippen LogP) is 2.49. The maximum absolute atomic E-state index is 13.4. The van der Waals surface area contributed by atoms with Gasteiger partial charge in [0.05, 0.1) is 22.8 Å². The van der Waals surface area contributed by atoms with Crippen molar-refractivity contribution in [3.05, 3.63) is 35.4 Å². The summed E-state index contributed by atoms with van der Waals surface area (Å²) in [5.74, 6) is -0.923. The van der Waals surface area contributed by atoms with E-state index in [2.05, 4.69) is 6.07 Å². The molecule has 5 nitrogen and oxygen atoms in total. The fourth-order valence-corrected chi connectivity index (χ4v) is 5.10. The Morgan fingerprint density at radius 1 is 1.12 bits per heavy atom. The molecule has 2 amide bonds. The number of nitrogens with two attached hydrogens (primary N) is 1. The Morgan fingerprint density at radius 2 is 1.76 bits per heavy atom. The number of benzene rings is 1. The molecule has 2 unspecified atom stereocenters. The number of carbonyl (C=O) groups excluding carboxylic acids is 2. The van der Waals surface area contributed by atoms with Crippen LogP contribution >= 0.6 is 0 Å². The third-order valence-corrected chi connectivity index (χ3v) is 6.62. The molecule has 2 aliphatic carbocycles. The van der Waals surface area contributed by atoms with Crippen LogP contribution in [0.25, 0.3) is 0 Å². The number of hydrogen-bond acceptors (Lipinski definition) is 3. The Hall–Kier alpha value is -2.35. The highest BCUT2D eigenvalue weighted by Gasteiger charge is 2.68. The van der Waals surface area contributed by atoms with Gasteiger partial charge in [-0.05, 0) is 36.8 Å². The summed E-state index contributed by atoms with van der Waals surface area (Å²) in [5, 5.41) is 9.75. The summed E-state index contributed by atoms with van der Waals surface area (Å²) in [5.41, 5.74) is 6.46. The average molecular weight is 337 g/mol. The van der Waals surface area contributed by atoms with E-state index in [4.69, 9.17) is 5.73 Å². The Labute approximate surface area is 147 Å². The molecule has 3 aliphatic rings. The third-order valence-electron chi connectivity index (χ3n) is 6.62. The van der Waals surface area contributed by atoms with Crippen molar-refractivity contribution >= 4 is 11.8 Å². The van der Waals surface area contributed by atoms with Gasteiger partial charge in [0.1, 0.15) is 0 Å². The standard InChI is InChI=1S/C20H23N3O2/c21-13-19(9-10-19)20(18(22)25)8-4-3-7-16(20)17(24)23-11-14-5-1-2-6-15(14)12-23/h1-2,5-6,16H,3-4,7-12H2,(H2,22,25). The normalized spacial score (nSPS) is 29.6. The van der Waals surface area contributed by atoms with Crippen LogP contribution in [-0.2, 0) is 22.7 Å². The van der Waals surface area contributed by atoms with Crippen LogP contribution in [0.4, 0.5) is 0 Å². The zero-order chi connectivity index (χ0) is 17.7. The van der Waals surface area contributed by atoms with Crippen LogP contribution in [0.15, 0.2) is 24.3 Å². The third kappa shape index (κ3) is 2.20. The number of primary amides is 1. The van der Waals surface area contributed by atoms with Gasteiger partial charge in [-0.3, -0.25) is 9.59 Å². The van der Waals surface area contributed by atoms with Crippen molar-refractivity contribution in [2.45, 2.75) is 51.6 Å². The van der Waals surface area contributed by atoms with E-state index in [-0.39, 0.29) is 5.91 Å². The molecule has 1 aromatic carbocycles. The summed E-state index contributed by atoms with van der Waals surface area (Å²) in [7, 11) is 0. The number of nitrogens with zero attached hydrogens (tertiary/aromatic N) is 2. The van der Waals surface area contributed by atoms with Crippen LogP contribution in [0.1, 0.15) is 49.7 Å². The van der Waals surface area contributed by atoms with E-state index in [0.29, 0.717) is 38.8 Å². The van der Waals surface area contributed by atoms with E-state index in [0.717, 1.165) is 24.0 Å². The molecule has 1 aromatic rings. The first-order chi connectivity index (χ1) is 12.0. The lowest BCUT2D eigenvalue weighted by molar-refractivity contribution is -0.154. The van der Waals surface area contributed by atoms with Crippen LogP contribution < -0.4 is 5.73 Å². The largest absolute Gasteiger partial charge is 0.369 e. The number of rotatable bonds is 3. The number of amides is 2. The second kappa shape index (κ2) is 5.59. The first-order valence-electron chi connectivity index (χ1n) is 9.11. The minimum Gasteiger partial charge on any atom is -0.369 e. The van der Waals surface area contributed by atoms with Gasteiger partial charge >= 0.3 is 0 Å². The SMILES string of the molecule is N#CC1(C2(C(N)=O)CCCCC2C(=O)N2Cc3ccccc3C2)CC1. The van der Waals surface area contributed by atoms with E-state index in [9.17, 15) is 14.9 Å². The fraction of sp³-hybridized carbons (Fsp3) is 0.550. The number of fused-ring (bicyclic) bond motifs is 1. The summed E-state index contributed by atoms with van der Waals surface area (Å²) in [4.78, 5) is 27.8. The Bertz CT molecular complexity index is 752. The van der Waals surface area contributed by atoms with Crippen molar-refractivity contribution in [2.75, 3.05) is 0 Å². The smallest absolute Gasteiger partial charge is 0.227 e. The molecule has 2 saturated carbocycles. The second-order valence-electron chi connectivity index (χ2n) is 7.79. The Morgan fingerprint density at radius 3 is 2.28 bits per heavy atom. The first kappa shape index (κ1) is 16.1. The van der Waals surface area contributed by atoms with Crippen molar-refractivity contribution in [2.24, 2.45) is 22.5 Å². The molecule has 25 heavy (non-hydrogen) atoms. The van der Waals surface area contributed by atoms with Gasteiger partial charge in [0, 0.05) is 13.1 Å². The van der Waals surface area contributed by atoms with Gasteiger partial charge in [0.2, 0.25) is 11.8 Å². The molecule has 130 valence electrons. The van der Waals surface area contributed by atoms with Crippen LogP contribution in [0, 0.1) is 28.1 Å². The molecule has 5 heteroatoms. The summed E-state index contributed by atoms with van der Waals surface area (Å²) in [6, 6.07) is 10.4. The molecular weight excluding hydrogens is 314 g/mol. The van der Waals surface area contributed by atoms with Crippen molar-refractivity contribution in [1.29, 1.82) is 5.26 Å². The number of nitriles is 1. The number of carbonyl (C=O) groups is 2. The van der Waals surface area contributed by atoms with Crippen LogP contribution in [-0.4, -0.2) is 16.7 Å². The molecule has 4 rings (SSSR count). The van der Waals surface area contributed by atoms with E-state index >= 15 is 0 Å². The van der Waals surface area contributed by atoms with E-state index in [1.165, 1.54) is 0 Å². The molecule has 1 aliphatic heterocycles. The van der Waals surface area contributed by atoms with Crippen molar-refractivity contribution in [3.8, 4) is 6.07 Å². The van der Waals surface area contributed by atoms with Crippen LogP contribution in [0.2, 0.25) is 0 Å². The summed E-state index contributed by atoms with van der Waals surface area (Å²) >= 11 is 0. The molecule has 0 bridgehead atoms. The van der Waals surface area contributed by atoms with Gasteiger partial charge in [-0.2, -0.15) is 5.26 Å². The van der Waals surface area contributed by atoms with E-state index in [1.54, 1.807) is 0 Å². The lowest BCUT2D eigenvalue weighted by Gasteiger charge is -2.45. The number of hydrogen-bond donors (Lipinski definition) is 1. The van der Waals surface area contributed by atoms with Crippen molar-refractivity contribution in [1.82, 2.24) is 4.90 Å². The minimum absolute atomic E-state index is 0.00350. The van der Waals surface area contributed by atoms with E-state index < -0.39 is 22.7 Å². The molecular formula is C20H23N3O2. The average Bonchev–Trinajstić information content (AvgIpc) is 3.32. The van der Waals surface area contributed by atoms with Gasteiger partial charge in [0.15, 0.2) is 0 Å². The first-order valence-corrected chi connectivity index (χ1v) is 9.11. The topological polar surface area (TPSA) is 87.2 Å². The Kier molecular flexibility index (Phi) is 3.61. The fourth-order valence-electron chi connectivity index (χ4n) is 5.10. The maximum atomic E-state index is 13.4. The quantitative estimate of drug-likeness (QED) is 0.919. The van der Waals surface area contributed by atoms with Gasteiger partial charge in [0.25, 0.3) is 0 Å². The zero-order valence-electron chi connectivity index (χ0n) is 14.3. The minimum atomic E-state index is -0.994. The highest BCUT2D eigenvalue weighted by Crippen LogP contribution is 2.65. The summed E-state index contributed by atoms with van der Waals surface area (Å²) in [6.07, 6.45) is 4.34. The van der Waals surface area contributed by atoms with Crippen molar-refractivity contribution in [3.63, 3.8) is 0 Å². The highest BCUT2D eigenvalue weighted by molar-refractivity contribution is 5.92. The monoisotopic (exact) mass is 337 g/mol. The molecule has 1 heterocycles. The lowest BCUT2D eigenvalue weighted by Crippen LogP contribution is -2.55. The maximum Gasteiger partial charge on any atom is 0.227 e. The van der Waals surface area contributed by atoms with E-state index in [1.807, 2.05) is 29.2 Å². The molecule has 2 atom stereocenters. The lowest BCUT2D eigenvalue weighted by atomic mass is 9.57. The summed E-state index contributed by atoms with van der Waals surface area (Å²) < 4.78 is 0. The van der Waals surface area contributed by atoms with Crippen LogP contribution in [0.3, 0.4) is 0 Å². The second-order valence-corrected chi connectivity index (χ2v) is 7.79. The van der Waals surface area contributed by atoms with Gasteiger partial charge in [-0.1, -0.05) is 37.1 Å².